The molecule has 2 fully saturated rings. The molecule has 0 spiro atoms. The van der Waals surface area contributed by atoms with Crippen molar-refractivity contribution in [1.29, 1.82) is 0 Å². The van der Waals surface area contributed by atoms with Crippen molar-refractivity contribution in [1.82, 2.24) is 15.1 Å². The van der Waals surface area contributed by atoms with Gasteiger partial charge < -0.3 is 10.2 Å². The van der Waals surface area contributed by atoms with Crippen molar-refractivity contribution >= 4 is 27.7 Å². The van der Waals surface area contributed by atoms with Crippen LogP contribution in [0.1, 0.15) is 17.5 Å². The first-order valence-corrected chi connectivity index (χ1v) is 12.2. The second-order valence-corrected chi connectivity index (χ2v) is 10.5. The molecule has 8 nitrogen and oxygen atoms in total. The van der Waals surface area contributed by atoms with Gasteiger partial charge >= 0.3 is 6.03 Å². The Morgan fingerprint density at radius 3 is 2.31 bits per heavy atom. The topological polar surface area (TPSA) is 104 Å². The number of rotatable bonds is 6. The Morgan fingerprint density at radius 2 is 1.72 bits per heavy atom. The van der Waals surface area contributed by atoms with E-state index in [9.17, 15) is 22.8 Å². The average molecular weight is 456 g/mol. The molecule has 1 N–H and O–H groups in total. The summed E-state index contributed by atoms with van der Waals surface area (Å²) < 4.78 is 23.5. The van der Waals surface area contributed by atoms with Gasteiger partial charge in [0.25, 0.3) is 5.91 Å². The maximum absolute atomic E-state index is 13.6. The second-order valence-electron chi connectivity index (χ2n) is 8.32. The van der Waals surface area contributed by atoms with Gasteiger partial charge in [-0.2, -0.15) is 0 Å². The molecule has 2 aromatic carbocycles. The number of hydrogen-bond donors (Lipinski definition) is 1. The van der Waals surface area contributed by atoms with Crippen molar-refractivity contribution in [2.45, 2.75) is 24.4 Å². The van der Waals surface area contributed by atoms with Crippen molar-refractivity contribution in [3.63, 3.8) is 0 Å². The maximum atomic E-state index is 13.6. The monoisotopic (exact) mass is 455 g/mol. The quantitative estimate of drug-likeness (QED) is 0.662. The van der Waals surface area contributed by atoms with Gasteiger partial charge in [-0.05, 0) is 17.5 Å². The van der Waals surface area contributed by atoms with Crippen LogP contribution in [-0.2, 0) is 31.4 Å². The molecule has 2 saturated heterocycles. The summed E-state index contributed by atoms with van der Waals surface area (Å²) in [6.45, 7) is -0.443. The first-order chi connectivity index (χ1) is 15.2. The Morgan fingerprint density at radius 1 is 1.09 bits per heavy atom. The summed E-state index contributed by atoms with van der Waals surface area (Å²) in [5, 5.41) is 2.83. The van der Waals surface area contributed by atoms with Crippen LogP contribution in [0.2, 0.25) is 0 Å². The van der Waals surface area contributed by atoms with Crippen LogP contribution in [0.15, 0.2) is 60.7 Å². The third-order valence-electron chi connectivity index (χ3n) is 6.20. The fourth-order valence-corrected chi connectivity index (χ4v) is 6.12. The number of carbonyl (C=O) groups excluding carboxylic acids is 3. The molecule has 2 atom stereocenters. The van der Waals surface area contributed by atoms with Crippen LogP contribution >= 0.6 is 0 Å². The summed E-state index contributed by atoms with van der Waals surface area (Å²) in [5.41, 5.74) is 0.175. The number of likely N-dealkylation sites (N-methyl/N-ethyl adjacent to an activating group) is 1. The molecule has 0 unspecified atom stereocenters. The van der Waals surface area contributed by atoms with Gasteiger partial charge in [-0.1, -0.05) is 60.7 Å². The Bertz CT molecular complexity index is 1140. The van der Waals surface area contributed by atoms with E-state index in [0.29, 0.717) is 12.0 Å². The zero-order chi connectivity index (χ0) is 22.9. The molecular weight excluding hydrogens is 430 g/mol. The maximum Gasteiger partial charge on any atom is 0.325 e. The SMILES string of the molecule is CN(C(=O)CN1C(=O)N[C@](Cc2ccccc2)(c2ccccc2)C1=O)[C@@H]1CCS(=O)(=O)C1. The van der Waals surface area contributed by atoms with Gasteiger partial charge in [-0.3, -0.25) is 14.5 Å². The number of sulfone groups is 1. The second kappa shape index (κ2) is 8.38. The van der Waals surface area contributed by atoms with E-state index in [2.05, 4.69) is 5.32 Å². The van der Waals surface area contributed by atoms with Gasteiger partial charge in [-0.15, -0.1) is 0 Å². The molecule has 4 amide bonds. The highest BCUT2D eigenvalue weighted by molar-refractivity contribution is 7.91. The first kappa shape index (κ1) is 22.0. The number of carbonyl (C=O) groups is 3. The molecule has 0 bridgehead atoms. The predicted molar refractivity (Wildman–Crippen MR) is 118 cm³/mol. The fourth-order valence-electron chi connectivity index (χ4n) is 4.34. The highest BCUT2D eigenvalue weighted by Gasteiger charge is 2.53. The smallest absolute Gasteiger partial charge is 0.325 e. The van der Waals surface area contributed by atoms with E-state index in [0.717, 1.165) is 10.5 Å². The summed E-state index contributed by atoms with van der Waals surface area (Å²) in [6.07, 6.45) is 0.594. The Labute approximate surface area is 187 Å². The van der Waals surface area contributed by atoms with Crippen LogP contribution in [0.25, 0.3) is 0 Å². The van der Waals surface area contributed by atoms with Crippen LogP contribution in [0.4, 0.5) is 4.79 Å². The highest BCUT2D eigenvalue weighted by Crippen LogP contribution is 2.33. The lowest BCUT2D eigenvalue weighted by molar-refractivity contribution is -0.139. The van der Waals surface area contributed by atoms with Crippen LogP contribution in [0.5, 0.6) is 0 Å². The molecule has 0 aliphatic carbocycles. The molecule has 9 heteroatoms. The molecule has 0 radical (unpaired) electrons. The lowest BCUT2D eigenvalue weighted by Crippen LogP contribution is -2.48. The van der Waals surface area contributed by atoms with E-state index in [4.69, 9.17) is 0 Å². The zero-order valence-corrected chi connectivity index (χ0v) is 18.5. The van der Waals surface area contributed by atoms with Crippen molar-refractivity contribution in [2.24, 2.45) is 0 Å². The van der Waals surface area contributed by atoms with E-state index < -0.39 is 45.8 Å². The lowest BCUT2D eigenvalue weighted by atomic mass is 9.83. The highest BCUT2D eigenvalue weighted by atomic mass is 32.2. The van der Waals surface area contributed by atoms with Crippen molar-refractivity contribution in [3.05, 3.63) is 71.8 Å². The summed E-state index contributed by atoms with van der Waals surface area (Å²) in [6, 6.07) is 17.2. The van der Waals surface area contributed by atoms with Gasteiger partial charge in [0.2, 0.25) is 5.91 Å². The van der Waals surface area contributed by atoms with Gasteiger partial charge in [0.1, 0.15) is 6.54 Å². The van der Waals surface area contributed by atoms with Crippen LogP contribution in [0, 0.1) is 0 Å². The minimum Gasteiger partial charge on any atom is -0.340 e. The molecule has 2 aromatic rings. The summed E-state index contributed by atoms with van der Waals surface area (Å²) in [4.78, 5) is 41.6. The largest absolute Gasteiger partial charge is 0.340 e. The minimum absolute atomic E-state index is 0.0343. The third-order valence-corrected chi connectivity index (χ3v) is 7.95. The zero-order valence-electron chi connectivity index (χ0n) is 17.7. The van der Waals surface area contributed by atoms with Crippen molar-refractivity contribution < 1.29 is 22.8 Å². The average Bonchev–Trinajstić information content (AvgIpc) is 3.26. The number of amides is 4. The normalized spacial score (nSPS) is 24.4. The predicted octanol–water partition coefficient (Wildman–Crippen LogP) is 1.32. The number of imide groups is 1. The molecule has 0 saturated carbocycles. The van der Waals surface area contributed by atoms with E-state index in [1.807, 2.05) is 36.4 Å². The van der Waals surface area contributed by atoms with Crippen molar-refractivity contribution in [2.75, 3.05) is 25.1 Å². The molecule has 2 aliphatic rings. The molecule has 0 aromatic heterocycles. The Kier molecular flexibility index (Phi) is 5.77. The number of nitrogens with one attached hydrogen (secondary N) is 1. The van der Waals surface area contributed by atoms with Crippen LogP contribution in [0.3, 0.4) is 0 Å². The lowest BCUT2D eigenvalue weighted by Gasteiger charge is -2.28. The van der Waals surface area contributed by atoms with Gasteiger partial charge in [0, 0.05) is 19.5 Å². The summed E-state index contributed by atoms with van der Waals surface area (Å²) >= 11 is 0. The van der Waals surface area contributed by atoms with Gasteiger partial charge in [0.15, 0.2) is 15.4 Å². The molecule has 168 valence electrons. The van der Waals surface area contributed by atoms with Crippen molar-refractivity contribution in [3.8, 4) is 0 Å². The van der Waals surface area contributed by atoms with E-state index in [1.165, 1.54) is 11.9 Å². The van der Waals surface area contributed by atoms with Gasteiger partial charge in [0.05, 0.1) is 11.5 Å². The molecule has 4 rings (SSSR count). The summed E-state index contributed by atoms with van der Waals surface area (Å²) in [7, 11) is -1.65. The number of urea groups is 1. The molecule has 2 heterocycles. The third kappa shape index (κ3) is 4.12. The van der Waals surface area contributed by atoms with E-state index in [1.54, 1.807) is 24.3 Å². The minimum atomic E-state index is -3.17. The fraction of sp³-hybridized carbons (Fsp3) is 0.348. The Balaban J connectivity index is 1.59. The van der Waals surface area contributed by atoms with Gasteiger partial charge in [-0.25, -0.2) is 13.2 Å². The summed E-state index contributed by atoms with van der Waals surface area (Å²) in [5.74, 6) is -1.04. The number of nitrogens with zero attached hydrogens (tertiary/aromatic N) is 2. The molecule has 32 heavy (non-hydrogen) atoms. The standard InChI is InChI=1S/C23H25N3O5S/c1-25(19-12-13-32(30,31)16-19)20(27)15-26-21(28)23(24-22(26)29,18-10-6-3-7-11-18)14-17-8-4-2-5-9-17/h2-11,19H,12-16H2,1H3,(H,24,29)/t19-,23-/m1/s1. The molecule has 2 aliphatic heterocycles. The van der Waals surface area contributed by atoms with Crippen LogP contribution < -0.4 is 5.32 Å². The number of hydrogen-bond acceptors (Lipinski definition) is 5. The Hall–Kier alpha value is -3.20. The number of benzene rings is 2. The van der Waals surface area contributed by atoms with E-state index in [-0.39, 0.29) is 17.9 Å². The van der Waals surface area contributed by atoms with Crippen LogP contribution in [-0.4, -0.2) is 67.2 Å². The molecular formula is C23H25N3O5S. The van der Waals surface area contributed by atoms with E-state index >= 15 is 0 Å². The first-order valence-electron chi connectivity index (χ1n) is 10.4.